The van der Waals surface area contributed by atoms with E-state index in [4.69, 9.17) is 0 Å². The Kier molecular flexibility index (Phi) is 5.59. The highest BCUT2D eigenvalue weighted by molar-refractivity contribution is 5.34. The molecule has 0 radical (unpaired) electrons. The Labute approximate surface area is 170 Å². The number of allylic oxidation sites excluding steroid dienone is 2. The molecule has 4 aliphatic carbocycles. The summed E-state index contributed by atoms with van der Waals surface area (Å²) in [5.41, 5.74) is 5.20. The van der Waals surface area contributed by atoms with Gasteiger partial charge in [-0.3, -0.25) is 0 Å². The zero-order valence-electron chi connectivity index (χ0n) is 19.1. The molecule has 4 aliphatic rings. The van der Waals surface area contributed by atoms with Crippen molar-refractivity contribution >= 4 is 0 Å². The Bertz CT molecular complexity index is 569. The molecular weight excluding hydrogens is 324 g/mol. The molecule has 0 nitrogen and oxygen atoms in total. The topological polar surface area (TPSA) is 0 Å². The summed E-state index contributed by atoms with van der Waals surface area (Å²) in [6, 6.07) is 0. The van der Waals surface area contributed by atoms with Crippen LogP contribution in [-0.4, -0.2) is 0 Å². The molecule has 0 aliphatic heterocycles. The van der Waals surface area contributed by atoms with Crippen LogP contribution in [-0.2, 0) is 0 Å². The molecular formula is C27H46. The first-order chi connectivity index (χ1) is 12.9. The van der Waals surface area contributed by atoms with Crippen LogP contribution in [0.15, 0.2) is 11.1 Å². The Hall–Kier alpha value is -0.260. The van der Waals surface area contributed by atoms with Crippen LogP contribution >= 0.6 is 0 Å². The van der Waals surface area contributed by atoms with E-state index in [1.54, 1.807) is 0 Å². The second-order valence-electron chi connectivity index (χ2n) is 11.9. The third kappa shape index (κ3) is 3.36. The maximum Gasteiger partial charge on any atom is -0.00825 e. The van der Waals surface area contributed by atoms with Gasteiger partial charge >= 0.3 is 0 Å². The van der Waals surface area contributed by atoms with Gasteiger partial charge in [0.15, 0.2) is 0 Å². The monoisotopic (exact) mass is 370 g/mol. The van der Waals surface area contributed by atoms with Gasteiger partial charge < -0.3 is 0 Å². The summed E-state index contributed by atoms with van der Waals surface area (Å²) < 4.78 is 0. The van der Waals surface area contributed by atoms with E-state index in [1.807, 2.05) is 11.1 Å². The molecule has 0 aromatic carbocycles. The van der Waals surface area contributed by atoms with Crippen molar-refractivity contribution < 1.29 is 0 Å². The van der Waals surface area contributed by atoms with E-state index in [9.17, 15) is 0 Å². The molecule has 3 fully saturated rings. The lowest BCUT2D eigenvalue weighted by molar-refractivity contribution is 0.00933. The Morgan fingerprint density at radius 1 is 0.889 bits per heavy atom. The molecule has 0 spiro atoms. The second kappa shape index (κ2) is 7.53. The molecule has 0 aromatic heterocycles. The van der Waals surface area contributed by atoms with Crippen molar-refractivity contribution in [1.82, 2.24) is 0 Å². The molecule has 154 valence electrons. The van der Waals surface area contributed by atoms with Gasteiger partial charge in [0.2, 0.25) is 0 Å². The molecule has 6 atom stereocenters. The predicted molar refractivity (Wildman–Crippen MR) is 118 cm³/mol. The van der Waals surface area contributed by atoms with Crippen LogP contribution in [0.2, 0.25) is 0 Å². The third-order valence-corrected chi connectivity index (χ3v) is 10.1. The molecule has 0 heteroatoms. The van der Waals surface area contributed by atoms with Crippen LogP contribution in [0, 0.1) is 40.4 Å². The summed E-state index contributed by atoms with van der Waals surface area (Å²) >= 11 is 0. The molecule has 0 saturated heterocycles. The summed E-state index contributed by atoms with van der Waals surface area (Å²) in [4.78, 5) is 0. The molecule has 0 bridgehead atoms. The van der Waals surface area contributed by atoms with Gasteiger partial charge in [0.25, 0.3) is 0 Å². The second-order valence-corrected chi connectivity index (χ2v) is 11.9. The highest BCUT2D eigenvalue weighted by Gasteiger charge is 2.54. The van der Waals surface area contributed by atoms with Gasteiger partial charge in [-0.05, 0) is 91.8 Å². The fourth-order valence-electron chi connectivity index (χ4n) is 8.53. The summed E-state index contributed by atoms with van der Waals surface area (Å²) in [6.07, 6.45) is 19.3. The Morgan fingerprint density at radius 3 is 2.48 bits per heavy atom. The van der Waals surface area contributed by atoms with Crippen LogP contribution in [0.5, 0.6) is 0 Å². The van der Waals surface area contributed by atoms with Crippen LogP contribution in [0.25, 0.3) is 0 Å². The van der Waals surface area contributed by atoms with Crippen molar-refractivity contribution in [2.75, 3.05) is 0 Å². The highest BCUT2D eigenvalue weighted by atomic mass is 14.6. The van der Waals surface area contributed by atoms with Gasteiger partial charge in [-0.15, -0.1) is 0 Å². The van der Waals surface area contributed by atoms with Crippen molar-refractivity contribution in [3.05, 3.63) is 11.1 Å². The fourth-order valence-corrected chi connectivity index (χ4v) is 8.53. The number of rotatable bonds is 5. The van der Waals surface area contributed by atoms with E-state index in [2.05, 4.69) is 34.6 Å². The number of fused-ring (bicyclic) bond motifs is 4. The lowest BCUT2D eigenvalue weighted by Crippen LogP contribution is -2.46. The molecule has 0 heterocycles. The van der Waals surface area contributed by atoms with Gasteiger partial charge in [-0.25, -0.2) is 0 Å². The smallest absolute Gasteiger partial charge is 0.00825 e. The average molecular weight is 371 g/mol. The summed E-state index contributed by atoms with van der Waals surface area (Å²) in [6.45, 7) is 12.7. The first-order valence-corrected chi connectivity index (χ1v) is 12.6. The zero-order valence-corrected chi connectivity index (χ0v) is 19.1. The molecule has 3 saturated carbocycles. The summed E-state index contributed by atoms with van der Waals surface area (Å²) in [5.74, 6) is 4.75. The number of hydrogen-bond donors (Lipinski definition) is 0. The van der Waals surface area contributed by atoms with Crippen LogP contribution in [0.1, 0.15) is 118 Å². The maximum atomic E-state index is 2.70. The van der Waals surface area contributed by atoms with Crippen molar-refractivity contribution in [2.24, 2.45) is 40.4 Å². The average Bonchev–Trinajstić information content (AvgIpc) is 2.98. The molecule has 4 rings (SSSR count). The minimum atomic E-state index is 0.556. The van der Waals surface area contributed by atoms with Crippen LogP contribution in [0.3, 0.4) is 0 Å². The molecule has 0 N–H and O–H groups in total. The van der Waals surface area contributed by atoms with E-state index in [1.165, 1.54) is 83.5 Å². The summed E-state index contributed by atoms with van der Waals surface area (Å²) in [5, 5.41) is 0. The molecule has 0 amide bonds. The van der Waals surface area contributed by atoms with Crippen LogP contribution in [0.4, 0.5) is 0 Å². The van der Waals surface area contributed by atoms with E-state index in [0.29, 0.717) is 10.8 Å². The van der Waals surface area contributed by atoms with E-state index >= 15 is 0 Å². The zero-order chi connectivity index (χ0) is 19.2. The molecule has 0 unspecified atom stereocenters. The largest absolute Gasteiger partial charge is 0.0668 e. The lowest BCUT2D eigenvalue weighted by atomic mass is 9.49. The van der Waals surface area contributed by atoms with E-state index in [0.717, 1.165) is 29.6 Å². The van der Waals surface area contributed by atoms with E-state index in [-0.39, 0.29) is 0 Å². The van der Waals surface area contributed by atoms with Crippen molar-refractivity contribution in [3.63, 3.8) is 0 Å². The van der Waals surface area contributed by atoms with Crippen molar-refractivity contribution in [1.29, 1.82) is 0 Å². The van der Waals surface area contributed by atoms with Gasteiger partial charge in [0.05, 0.1) is 0 Å². The quantitative estimate of drug-likeness (QED) is 0.425. The van der Waals surface area contributed by atoms with Crippen molar-refractivity contribution in [2.45, 2.75) is 118 Å². The standard InChI is InChI=1S/C27H46/c1-19(2)9-8-10-20(3)23-14-15-24-22-13-12-21-11-6-7-17-26(21,4)25(22)16-18-27(23,24)5/h19-21,23,25H,6-18H2,1-5H3/t20-,21-,23-,25+,26+,27-/m1/s1. The molecule has 27 heavy (non-hydrogen) atoms. The SMILES string of the molecule is CC(C)CCC[C@@H](C)[C@H]1CCC2=C3CC[C@H]4CCCC[C@]4(C)[C@H]3CC[C@@]21C. The minimum Gasteiger partial charge on any atom is -0.0668 e. The minimum absolute atomic E-state index is 0.556. The van der Waals surface area contributed by atoms with E-state index < -0.39 is 0 Å². The first-order valence-electron chi connectivity index (χ1n) is 12.6. The fraction of sp³-hybridized carbons (Fsp3) is 0.926. The summed E-state index contributed by atoms with van der Waals surface area (Å²) in [7, 11) is 0. The van der Waals surface area contributed by atoms with Gasteiger partial charge in [0, 0.05) is 0 Å². The predicted octanol–water partition coefficient (Wildman–Crippen LogP) is 8.56. The van der Waals surface area contributed by atoms with Gasteiger partial charge in [0.1, 0.15) is 0 Å². The third-order valence-electron chi connectivity index (χ3n) is 10.1. The van der Waals surface area contributed by atoms with Crippen LogP contribution < -0.4 is 0 Å². The normalized spacial score (nSPS) is 42.7. The maximum absolute atomic E-state index is 2.70. The highest BCUT2D eigenvalue weighted by Crippen LogP contribution is 2.65. The van der Waals surface area contributed by atoms with Crippen molar-refractivity contribution in [3.8, 4) is 0 Å². The molecule has 0 aromatic rings. The van der Waals surface area contributed by atoms with Gasteiger partial charge in [-0.2, -0.15) is 0 Å². The first kappa shape index (κ1) is 20.0. The number of hydrogen-bond acceptors (Lipinski definition) is 0. The van der Waals surface area contributed by atoms with Gasteiger partial charge in [-0.1, -0.05) is 77.9 Å². The Morgan fingerprint density at radius 2 is 1.70 bits per heavy atom. The Balaban J connectivity index is 1.54. The lowest BCUT2D eigenvalue weighted by Gasteiger charge is -2.56.